The lowest BCUT2D eigenvalue weighted by Gasteiger charge is -2.23. The molecule has 0 spiro atoms. The second-order valence-electron chi connectivity index (χ2n) is 6.67. The summed E-state index contributed by atoms with van der Waals surface area (Å²) in [5, 5.41) is 7.70. The van der Waals surface area contributed by atoms with Crippen LogP contribution < -0.4 is 15.4 Å². The highest BCUT2D eigenvalue weighted by atomic mass is 32.1. The van der Waals surface area contributed by atoms with Crippen LogP contribution in [0.1, 0.15) is 47.6 Å². The third-order valence-electron chi connectivity index (χ3n) is 4.54. The molecule has 0 saturated heterocycles. The van der Waals surface area contributed by atoms with E-state index in [0.29, 0.717) is 12.6 Å². The number of rotatable bonds is 6. The zero-order valence-corrected chi connectivity index (χ0v) is 16.4. The molecule has 6 heteroatoms. The molecule has 0 radical (unpaired) electrons. The van der Waals surface area contributed by atoms with Crippen LogP contribution in [0.4, 0.5) is 0 Å². The van der Waals surface area contributed by atoms with Crippen LogP contribution in [0.15, 0.2) is 35.5 Å². The number of nitrogens with zero attached hydrogens (tertiary/aromatic N) is 2. The molecule has 140 valence electrons. The summed E-state index contributed by atoms with van der Waals surface area (Å²) in [7, 11) is 1.78. The maximum absolute atomic E-state index is 6.08. The summed E-state index contributed by atoms with van der Waals surface area (Å²) in [6.07, 6.45) is 8.59. The van der Waals surface area contributed by atoms with Gasteiger partial charge in [-0.25, -0.2) is 4.98 Å². The van der Waals surface area contributed by atoms with Gasteiger partial charge < -0.3 is 15.4 Å². The van der Waals surface area contributed by atoms with Gasteiger partial charge in [0, 0.05) is 24.7 Å². The molecule has 26 heavy (non-hydrogen) atoms. The summed E-state index contributed by atoms with van der Waals surface area (Å²) in [4.78, 5) is 9.85. The lowest BCUT2D eigenvalue weighted by atomic mass is 9.98. The highest BCUT2D eigenvalue weighted by Crippen LogP contribution is 2.23. The van der Waals surface area contributed by atoms with Gasteiger partial charge in [-0.2, -0.15) is 0 Å². The first-order valence-corrected chi connectivity index (χ1v) is 10.2. The third-order valence-corrected chi connectivity index (χ3v) is 5.45. The molecule has 1 aromatic heterocycles. The van der Waals surface area contributed by atoms with E-state index in [0.717, 1.165) is 23.3 Å². The van der Waals surface area contributed by atoms with Gasteiger partial charge in [-0.3, -0.25) is 4.99 Å². The largest absolute Gasteiger partial charge is 0.490 e. The van der Waals surface area contributed by atoms with E-state index in [2.05, 4.69) is 51.8 Å². The molecular formula is C20H28N4OS. The number of benzene rings is 1. The van der Waals surface area contributed by atoms with Crippen molar-refractivity contribution in [3.8, 4) is 5.75 Å². The number of thiazole rings is 1. The Kier molecular flexibility index (Phi) is 6.89. The van der Waals surface area contributed by atoms with Crippen LogP contribution in [-0.2, 0) is 13.1 Å². The van der Waals surface area contributed by atoms with Crippen LogP contribution in [0.3, 0.4) is 0 Å². The monoisotopic (exact) mass is 372 g/mol. The first kappa shape index (κ1) is 18.7. The Morgan fingerprint density at radius 1 is 1.15 bits per heavy atom. The summed E-state index contributed by atoms with van der Waals surface area (Å²) >= 11 is 1.70. The summed E-state index contributed by atoms with van der Waals surface area (Å²) < 4.78 is 6.08. The van der Waals surface area contributed by atoms with E-state index in [9.17, 15) is 0 Å². The molecule has 2 N–H and O–H groups in total. The topological polar surface area (TPSA) is 58.5 Å². The molecule has 0 bridgehead atoms. The van der Waals surface area contributed by atoms with Gasteiger partial charge in [0.25, 0.3) is 0 Å². The number of aliphatic imine (C=N–C) groups is 1. The van der Waals surface area contributed by atoms with E-state index in [-0.39, 0.29) is 0 Å². The molecule has 0 amide bonds. The fraction of sp³-hybridized carbons (Fsp3) is 0.500. The van der Waals surface area contributed by atoms with E-state index in [1.54, 1.807) is 18.4 Å². The first-order chi connectivity index (χ1) is 12.7. The van der Waals surface area contributed by atoms with E-state index >= 15 is 0 Å². The Balaban J connectivity index is 1.44. The van der Waals surface area contributed by atoms with Crippen molar-refractivity contribution in [1.29, 1.82) is 0 Å². The Labute approximate surface area is 159 Å². The number of guanidine groups is 1. The first-order valence-electron chi connectivity index (χ1n) is 9.34. The molecule has 1 aliphatic rings. The van der Waals surface area contributed by atoms with Crippen LogP contribution >= 0.6 is 11.3 Å². The molecule has 1 fully saturated rings. The normalized spacial score (nSPS) is 15.7. The average molecular weight is 373 g/mol. The van der Waals surface area contributed by atoms with Crippen molar-refractivity contribution in [2.45, 2.75) is 58.2 Å². The second-order valence-corrected chi connectivity index (χ2v) is 7.99. The Bertz CT molecular complexity index is 705. The Morgan fingerprint density at radius 2 is 1.88 bits per heavy atom. The molecule has 1 aromatic carbocycles. The minimum absolute atomic E-state index is 0.394. The number of aryl methyl sites for hydroxylation is 1. The highest BCUT2D eigenvalue weighted by Gasteiger charge is 2.14. The minimum atomic E-state index is 0.394. The Morgan fingerprint density at radius 3 is 2.54 bits per heavy atom. The molecular weight excluding hydrogens is 344 g/mol. The number of nitrogens with one attached hydrogen (secondary N) is 2. The minimum Gasteiger partial charge on any atom is -0.490 e. The zero-order valence-electron chi connectivity index (χ0n) is 15.6. The molecule has 0 aliphatic heterocycles. The third kappa shape index (κ3) is 5.73. The van der Waals surface area contributed by atoms with Gasteiger partial charge in [-0.15, -0.1) is 11.3 Å². The van der Waals surface area contributed by atoms with Crippen molar-refractivity contribution in [2.24, 2.45) is 4.99 Å². The molecule has 5 nitrogen and oxygen atoms in total. The van der Waals surface area contributed by atoms with Crippen LogP contribution in [-0.4, -0.2) is 24.1 Å². The maximum Gasteiger partial charge on any atom is 0.191 e. The van der Waals surface area contributed by atoms with Gasteiger partial charge in [0.05, 0.1) is 12.6 Å². The van der Waals surface area contributed by atoms with E-state index < -0.39 is 0 Å². The zero-order chi connectivity index (χ0) is 18.2. The van der Waals surface area contributed by atoms with Gasteiger partial charge in [0.15, 0.2) is 5.96 Å². The SMILES string of the molecule is CN=C(NCc1ccc(OC2CCCCC2)cc1)NCc1ncc(C)s1. The number of ether oxygens (including phenoxy) is 1. The molecule has 0 unspecified atom stereocenters. The van der Waals surface area contributed by atoms with Gasteiger partial charge in [0.2, 0.25) is 0 Å². The van der Waals surface area contributed by atoms with Gasteiger partial charge in [-0.05, 0) is 50.3 Å². The summed E-state index contributed by atoms with van der Waals surface area (Å²) in [6, 6.07) is 8.37. The molecule has 3 rings (SSSR count). The maximum atomic E-state index is 6.08. The van der Waals surface area contributed by atoms with Gasteiger partial charge >= 0.3 is 0 Å². The predicted molar refractivity (Wildman–Crippen MR) is 108 cm³/mol. The number of hydrogen-bond acceptors (Lipinski definition) is 4. The molecule has 1 aliphatic carbocycles. The van der Waals surface area contributed by atoms with Crippen molar-refractivity contribution < 1.29 is 4.74 Å². The quantitative estimate of drug-likeness (QED) is 0.594. The van der Waals surface area contributed by atoms with Crippen LogP contribution in [0.2, 0.25) is 0 Å². The van der Waals surface area contributed by atoms with Crippen molar-refractivity contribution in [3.63, 3.8) is 0 Å². The summed E-state index contributed by atoms with van der Waals surface area (Å²) in [5.74, 6) is 1.75. The van der Waals surface area contributed by atoms with Gasteiger partial charge in [0.1, 0.15) is 10.8 Å². The average Bonchev–Trinajstić information content (AvgIpc) is 3.09. The lowest BCUT2D eigenvalue weighted by molar-refractivity contribution is 0.155. The smallest absolute Gasteiger partial charge is 0.191 e. The number of hydrogen-bond donors (Lipinski definition) is 2. The van der Waals surface area contributed by atoms with E-state index in [4.69, 9.17) is 4.74 Å². The van der Waals surface area contributed by atoms with Crippen molar-refractivity contribution in [2.75, 3.05) is 7.05 Å². The van der Waals surface area contributed by atoms with Crippen molar-refractivity contribution >= 4 is 17.3 Å². The standard InChI is InChI=1S/C20H28N4OS/c1-15-12-22-19(26-15)14-24-20(21-2)23-13-16-8-10-18(11-9-16)25-17-6-4-3-5-7-17/h8-12,17H,3-7,13-14H2,1-2H3,(H2,21,23,24). The fourth-order valence-electron chi connectivity index (χ4n) is 3.11. The van der Waals surface area contributed by atoms with Crippen LogP contribution in [0.25, 0.3) is 0 Å². The van der Waals surface area contributed by atoms with Crippen molar-refractivity contribution in [3.05, 3.63) is 45.9 Å². The van der Waals surface area contributed by atoms with E-state index in [1.165, 1.54) is 42.5 Å². The molecule has 2 aromatic rings. The van der Waals surface area contributed by atoms with Crippen LogP contribution in [0, 0.1) is 6.92 Å². The van der Waals surface area contributed by atoms with E-state index in [1.807, 2.05) is 6.20 Å². The molecule has 1 heterocycles. The fourth-order valence-corrected chi connectivity index (χ4v) is 3.84. The summed E-state index contributed by atoms with van der Waals surface area (Å²) in [5.41, 5.74) is 1.20. The molecule has 1 saturated carbocycles. The second kappa shape index (κ2) is 9.57. The van der Waals surface area contributed by atoms with Crippen molar-refractivity contribution in [1.82, 2.24) is 15.6 Å². The number of aromatic nitrogens is 1. The lowest BCUT2D eigenvalue weighted by Crippen LogP contribution is -2.36. The molecule has 0 atom stereocenters. The van der Waals surface area contributed by atoms with Crippen LogP contribution in [0.5, 0.6) is 5.75 Å². The van der Waals surface area contributed by atoms with Gasteiger partial charge in [-0.1, -0.05) is 18.6 Å². The predicted octanol–water partition coefficient (Wildman–Crippen LogP) is 4.03. The highest BCUT2D eigenvalue weighted by molar-refractivity contribution is 7.11. The summed E-state index contributed by atoms with van der Waals surface area (Å²) in [6.45, 7) is 3.47. The Hall–Kier alpha value is -2.08.